The highest BCUT2D eigenvalue weighted by atomic mass is 16.5. The van der Waals surface area contributed by atoms with Crippen LogP contribution in [0.3, 0.4) is 0 Å². The number of H-pyrrole nitrogens is 1. The molecule has 8 heteroatoms. The first kappa shape index (κ1) is 33.0. The summed E-state index contributed by atoms with van der Waals surface area (Å²) in [5.74, 6) is 0.0877. The Bertz CT molecular complexity index is 1250. The van der Waals surface area contributed by atoms with Crippen molar-refractivity contribution >= 4 is 11.6 Å². The standard InChI is InChI=1S/C34H49N3O5/c1-4-6-7-8-9-10-28(39)21-29(40)14-11-23-17-30(34(41)31(18-23)42-3)33(24-15-16-36-32(35)20-24)25(22-38)19-27-13-12-26(5-2)37-27/h12-13,15,17-18,20,25,33,36-38,41H,4-11,14,16,19,21-22,35H2,1-3H3/t25-,33-/m0/s1. The molecule has 0 saturated heterocycles. The number of methoxy groups -OCH3 is 1. The summed E-state index contributed by atoms with van der Waals surface area (Å²) in [5.41, 5.74) is 10.6. The zero-order valence-corrected chi connectivity index (χ0v) is 25.5. The first-order valence-electron chi connectivity index (χ1n) is 15.4. The number of aryl methyl sites for hydroxylation is 2. The highest BCUT2D eigenvalue weighted by Gasteiger charge is 2.31. The average Bonchev–Trinajstić information content (AvgIpc) is 3.44. The predicted octanol–water partition coefficient (Wildman–Crippen LogP) is 5.38. The molecule has 1 aromatic heterocycles. The van der Waals surface area contributed by atoms with Gasteiger partial charge in [-0.1, -0.05) is 51.7 Å². The van der Waals surface area contributed by atoms with E-state index < -0.39 is 0 Å². The largest absolute Gasteiger partial charge is 0.504 e. The molecule has 0 unspecified atom stereocenters. The fourth-order valence-corrected chi connectivity index (χ4v) is 5.72. The number of ether oxygens (including phenoxy) is 1. The molecule has 0 radical (unpaired) electrons. The maximum absolute atomic E-state index is 12.7. The molecule has 1 aliphatic rings. The van der Waals surface area contributed by atoms with Crippen LogP contribution in [0.15, 0.2) is 47.8 Å². The molecule has 0 spiro atoms. The number of ketones is 2. The first-order valence-corrected chi connectivity index (χ1v) is 15.4. The van der Waals surface area contributed by atoms with Gasteiger partial charge >= 0.3 is 0 Å². The summed E-state index contributed by atoms with van der Waals surface area (Å²) < 4.78 is 5.55. The number of aromatic hydroxyl groups is 1. The van der Waals surface area contributed by atoms with Gasteiger partial charge in [0.2, 0.25) is 0 Å². The normalized spacial score (nSPS) is 14.5. The van der Waals surface area contributed by atoms with Gasteiger partial charge in [-0.15, -0.1) is 0 Å². The van der Waals surface area contributed by atoms with Crippen LogP contribution in [0.5, 0.6) is 11.5 Å². The van der Waals surface area contributed by atoms with E-state index in [-0.39, 0.29) is 48.6 Å². The molecule has 42 heavy (non-hydrogen) atoms. The summed E-state index contributed by atoms with van der Waals surface area (Å²) in [6.07, 6.45) is 11.7. The van der Waals surface area contributed by atoms with Crippen LogP contribution in [0.2, 0.25) is 0 Å². The van der Waals surface area contributed by atoms with E-state index in [1.165, 1.54) is 13.5 Å². The number of aliphatic hydroxyl groups is 1. The van der Waals surface area contributed by atoms with Crippen molar-refractivity contribution in [3.63, 3.8) is 0 Å². The van der Waals surface area contributed by atoms with Crippen LogP contribution in [0.4, 0.5) is 0 Å². The Morgan fingerprint density at radius 1 is 1.05 bits per heavy atom. The van der Waals surface area contributed by atoms with Crippen molar-refractivity contribution in [2.75, 3.05) is 20.3 Å². The molecule has 2 atom stereocenters. The number of phenols is 1. The highest BCUT2D eigenvalue weighted by Crippen LogP contribution is 2.44. The minimum atomic E-state index is -0.386. The lowest BCUT2D eigenvalue weighted by molar-refractivity contribution is -0.127. The molecule has 0 amide bonds. The quantitative estimate of drug-likeness (QED) is 0.111. The maximum Gasteiger partial charge on any atom is 0.161 e. The van der Waals surface area contributed by atoms with Gasteiger partial charge in [-0.3, -0.25) is 9.59 Å². The number of unbranched alkanes of at least 4 members (excludes halogenated alkanes) is 4. The zero-order chi connectivity index (χ0) is 30.5. The minimum Gasteiger partial charge on any atom is -0.504 e. The molecule has 8 nitrogen and oxygen atoms in total. The number of aliphatic hydroxyl groups excluding tert-OH is 1. The number of allylic oxidation sites excluding steroid dienone is 2. The Morgan fingerprint density at radius 3 is 2.45 bits per heavy atom. The van der Waals surface area contributed by atoms with Crippen molar-refractivity contribution < 1.29 is 24.5 Å². The van der Waals surface area contributed by atoms with Gasteiger partial charge in [0.05, 0.1) is 19.4 Å². The molecule has 0 saturated carbocycles. The van der Waals surface area contributed by atoms with E-state index >= 15 is 0 Å². The number of aromatic amines is 1. The van der Waals surface area contributed by atoms with E-state index in [1.807, 2.05) is 24.3 Å². The summed E-state index contributed by atoms with van der Waals surface area (Å²) in [6.45, 7) is 4.66. The lowest BCUT2D eigenvalue weighted by atomic mass is 9.76. The summed E-state index contributed by atoms with van der Waals surface area (Å²) >= 11 is 0. The van der Waals surface area contributed by atoms with E-state index in [4.69, 9.17) is 10.5 Å². The van der Waals surface area contributed by atoms with Gasteiger partial charge in [-0.05, 0) is 67.0 Å². The Morgan fingerprint density at radius 2 is 1.79 bits per heavy atom. The highest BCUT2D eigenvalue weighted by molar-refractivity contribution is 5.99. The number of hydrogen-bond acceptors (Lipinski definition) is 7. The number of carbonyl (C=O) groups is 2. The number of aromatic nitrogens is 1. The fourth-order valence-electron chi connectivity index (χ4n) is 5.72. The van der Waals surface area contributed by atoms with Crippen molar-refractivity contribution in [2.45, 2.75) is 90.4 Å². The van der Waals surface area contributed by atoms with Crippen molar-refractivity contribution in [1.29, 1.82) is 0 Å². The summed E-state index contributed by atoms with van der Waals surface area (Å²) in [5, 5.41) is 25.1. The van der Waals surface area contributed by atoms with E-state index in [9.17, 15) is 19.8 Å². The van der Waals surface area contributed by atoms with Crippen molar-refractivity contribution in [3.8, 4) is 11.5 Å². The molecular weight excluding hydrogens is 530 g/mol. The monoisotopic (exact) mass is 579 g/mol. The van der Waals surface area contributed by atoms with Crippen LogP contribution in [-0.4, -0.2) is 47.0 Å². The van der Waals surface area contributed by atoms with E-state index in [0.29, 0.717) is 42.9 Å². The number of nitrogens with one attached hydrogen (secondary N) is 2. The Labute approximate surface area is 250 Å². The molecular formula is C34H49N3O5. The van der Waals surface area contributed by atoms with Crippen molar-refractivity contribution in [1.82, 2.24) is 10.3 Å². The summed E-state index contributed by atoms with van der Waals surface area (Å²) in [7, 11) is 1.50. The minimum absolute atomic E-state index is 0.00131. The topological polar surface area (TPSA) is 138 Å². The van der Waals surface area contributed by atoms with E-state index in [0.717, 1.165) is 54.6 Å². The number of phenolic OH excluding ortho intramolecular Hbond substituents is 1. The van der Waals surface area contributed by atoms with Crippen LogP contribution >= 0.6 is 0 Å². The third kappa shape index (κ3) is 9.51. The fraction of sp³-hybridized carbons (Fsp3) is 0.529. The van der Waals surface area contributed by atoms with E-state index in [2.05, 4.69) is 30.2 Å². The number of Topliss-reactive ketones (excluding diaryl/α,β-unsaturated/α-hetero) is 2. The third-order valence-electron chi connectivity index (χ3n) is 8.07. The maximum atomic E-state index is 12.7. The second-order valence-electron chi connectivity index (χ2n) is 11.3. The van der Waals surface area contributed by atoms with Crippen molar-refractivity contribution in [2.24, 2.45) is 11.7 Å². The second kappa shape index (κ2) is 16.8. The Kier molecular flexibility index (Phi) is 13.2. The number of benzene rings is 1. The van der Waals surface area contributed by atoms with Crippen molar-refractivity contribution in [3.05, 3.63) is 70.3 Å². The molecule has 230 valence electrons. The van der Waals surface area contributed by atoms with Crippen LogP contribution in [0.1, 0.15) is 93.6 Å². The molecule has 1 aliphatic heterocycles. The van der Waals surface area contributed by atoms with Crippen LogP contribution < -0.4 is 15.8 Å². The summed E-state index contributed by atoms with van der Waals surface area (Å²) in [4.78, 5) is 28.5. The zero-order valence-electron chi connectivity index (χ0n) is 25.5. The lowest BCUT2D eigenvalue weighted by Crippen LogP contribution is -2.28. The molecule has 2 aromatic rings. The molecule has 1 aromatic carbocycles. The molecule has 0 bridgehead atoms. The van der Waals surface area contributed by atoms with E-state index in [1.54, 1.807) is 6.07 Å². The molecule has 0 aliphatic carbocycles. The van der Waals surface area contributed by atoms with Gasteiger partial charge in [0.25, 0.3) is 0 Å². The molecule has 2 heterocycles. The van der Waals surface area contributed by atoms with Gasteiger partial charge in [0.1, 0.15) is 11.6 Å². The average molecular weight is 580 g/mol. The number of nitrogens with two attached hydrogens (primary N) is 1. The molecule has 3 rings (SSSR count). The Hall–Kier alpha value is -3.52. The second-order valence-corrected chi connectivity index (χ2v) is 11.3. The Balaban J connectivity index is 1.83. The van der Waals surface area contributed by atoms with Crippen LogP contribution in [0, 0.1) is 5.92 Å². The van der Waals surface area contributed by atoms with Gasteiger partial charge in [0.15, 0.2) is 11.5 Å². The summed E-state index contributed by atoms with van der Waals surface area (Å²) in [6, 6.07) is 7.73. The number of hydrogen-bond donors (Lipinski definition) is 5. The molecule has 6 N–H and O–H groups in total. The molecule has 0 fully saturated rings. The van der Waals surface area contributed by atoms with Gasteiger partial charge < -0.3 is 31.0 Å². The van der Waals surface area contributed by atoms with Gasteiger partial charge in [-0.25, -0.2) is 0 Å². The number of dihydropyridines is 1. The van der Waals surface area contributed by atoms with Crippen LogP contribution in [0.25, 0.3) is 0 Å². The number of rotatable bonds is 19. The smallest absolute Gasteiger partial charge is 0.161 e. The van der Waals surface area contributed by atoms with Crippen LogP contribution in [-0.2, 0) is 28.9 Å². The van der Waals surface area contributed by atoms with Gasteiger partial charge in [0, 0.05) is 48.9 Å². The third-order valence-corrected chi connectivity index (χ3v) is 8.07. The number of carbonyl (C=O) groups excluding carboxylic acids is 2. The first-order chi connectivity index (χ1) is 20.3. The van der Waals surface area contributed by atoms with Gasteiger partial charge in [-0.2, -0.15) is 0 Å². The SMILES string of the molecule is CCCCCCCC(=O)CC(=O)CCc1cc(OC)c(O)c([C@@H](C2=CCNC(N)=C2)[C@H](CO)Cc2ccc(CC)[nH]2)c1. The lowest BCUT2D eigenvalue weighted by Gasteiger charge is -2.30. The predicted molar refractivity (Wildman–Crippen MR) is 167 cm³/mol.